The molecule has 5 heteroatoms. The largest absolute Gasteiger partial charge is 0.326 e. The van der Waals surface area contributed by atoms with E-state index in [0.717, 1.165) is 31.6 Å². The number of benzene rings is 1. The van der Waals surface area contributed by atoms with E-state index in [1.807, 2.05) is 6.07 Å². The molecule has 0 radical (unpaired) electrons. The Morgan fingerprint density at radius 2 is 2.15 bits per heavy atom. The van der Waals surface area contributed by atoms with Crippen molar-refractivity contribution in [2.45, 2.75) is 31.7 Å². The third kappa shape index (κ3) is 3.51. The maximum absolute atomic E-state index is 12.0. The van der Waals surface area contributed by atoms with Crippen LogP contribution in [0.2, 0.25) is 0 Å². The summed E-state index contributed by atoms with van der Waals surface area (Å²) in [5.74, 6) is 0.0621. The highest BCUT2D eigenvalue weighted by Gasteiger charge is 2.21. The zero-order chi connectivity index (χ0) is 13.2. The van der Waals surface area contributed by atoms with Crippen LogP contribution < -0.4 is 11.1 Å². The maximum Gasteiger partial charge on any atom is 0.238 e. The molecular formula is C15H22ClN3O. The van der Waals surface area contributed by atoms with Crippen molar-refractivity contribution in [1.82, 2.24) is 4.90 Å². The molecule has 1 aromatic rings. The second kappa shape index (κ2) is 6.57. The number of nitrogens with one attached hydrogen (secondary N) is 1. The molecule has 1 aliphatic heterocycles. The summed E-state index contributed by atoms with van der Waals surface area (Å²) in [6.45, 7) is 2.21. The summed E-state index contributed by atoms with van der Waals surface area (Å²) in [6.07, 6.45) is 4.54. The second-order valence-electron chi connectivity index (χ2n) is 5.67. The van der Waals surface area contributed by atoms with Crippen LogP contribution >= 0.6 is 12.4 Å². The molecule has 110 valence electrons. The molecule has 0 bridgehead atoms. The van der Waals surface area contributed by atoms with Crippen molar-refractivity contribution in [3.63, 3.8) is 0 Å². The van der Waals surface area contributed by atoms with E-state index in [1.54, 1.807) is 0 Å². The van der Waals surface area contributed by atoms with Crippen LogP contribution in [-0.2, 0) is 17.6 Å². The number of carbonyl (C=O) groups is 1. The first-order valence-electron chi connectivity index (χ1n) is 7.10. The van der Waals surface area contributed by atoms with E-state index in [4.69, 9.17) is 5.73 Å². The Labute approximate surface area is 126 Å². The topological polar surface area (TPSA) is 58.4 Å². The van der Waals surface area contributed by atoms with Gasteiger partial charge in [-0.15, -0.1) is 12.4 Å². The van der Waals surface area contributed by atoms with Gasteiger partial charge in [-0.1, -0.05) is 6.07 Å². The molecule has 1 aliphatic carbocycles. The minimum atomic E-state index is 0. The predicted molar refractivity (Wildman–Crippen MR) is 83.4 cm³/mol. The van der Waals surface area contributed by atoms with E-state index in [1.165, 1.54) is 24.0 Å². The Morgan fingerprint density at radius 1 is 1.35 bits per heavy atom. The summed E-state index contributed by atoms with van der Waals surface area (Å²) in [4.78, 5) is 14.1. The van der Waals surface area contributed by atoms with Crippen LogP contribution in [0.25, 0.3) is 0 Å². The van der Waals surface area contributed by atoms with E-state index in [0.29, 0.717) is 6.54 Å². The predicted octanol–water partition coefficient (Wildman–Crippen LogP) is 1.57. The van der Waals surface area contributed by atoms with Crippen LogP contribution in [0.1, 0.15) is 24.0 Å². The lowest BCUT2D eigenvalue weighted by Crippen LogP contribution is -2.33. The standard InChI is InChI=1S/C15H21N3O.ClH/c16-13-6-7-18(9-13)10-15(19)17-14-5-4-11-2-1-3-12(11)8-14;/h4-5,8,13H,1-3,6-7,9-10,16H2,(H,17,19);1H/t13-;/m1./s1. The van der Waals surface area contributed by atoms with E-state index in [9.17, 15) is 4.79 Å². The Hall–Kier alpha value is -1.10. The molecule has 0 aromatic heterocycles. The van der Waals surface area contributed by atoms with Crippen LogP contribution in [0.5, 0.6) is 0 Å². The zero-order valence-corrected chi connectivity index (χ0v) is 12.4. The van der Waals surface area contributed by atoms with Crippen molar-refractivity contribution in [1.29, 1.82) is 0 Å². The summed E-state index contributed by atoms with van der Waals surface area (Å²) in [6, 6.07) is 6.50. The minimum absolute atomic E-state index is 0. The smallest absolute Gasteiger partial charge is 0.238 e. The van der Waals surface area contributed by atoms with Crippen LogP contribution in [-0.4, -0.2) is 36.5 Å². The highest BCUT2D eigenvalue weighted by atomic mass is 35.5. The number of fused-ring (bicyclic) bond motifs is 1. The lowest BCUT2D eigenvalue weighted by Gasteiger charge is -2.15. The fraction of sp³-hybridized carbons (Fsp3) is 0.533. The lowest BCUT2D eigenvalue weighted by atomic mass is 10.1. The van der Waals surface area contributed by atoms with E-state index < -0.39 is 0 Å². The SMILES string of the molecule is Cl.N[C@@H]1CCN(CC(=O)Nc2ccc3c(c2)CCC3)C1. The summed E-state index contributed by atoms with van der Waals surface area (Å²) in [5, 5.41) is 2.99. The van der Waals surface area contributed by atoms with Crippen molar-refractivity contribution in [3.8, 4) is 0 Å². The third-order valence-corrected chi connectivity index (χ3v) is 4.06. The van der Waals surface area contributed by atoms with Crippen LogP contribution in [0.4, 0.5) is 5.69 Å². The molecule has 3 N–H and O–H groups in total. The Morgan fingerprint density at radius 3 is 2.90 bits per heavy atom. The Bertz CT molecular complexity index is 492. The number of amides is 1. The molecule has 1 amide bonds. The summed E-state index contributed by atoms with van der Waals surface area (Å²) in [5.41, 5.74) is 9.59. The summed E-state index contributed by atoms with van der Waals surface area (Å²) >= 11 is 0. The number of likely N-dealkylation sites (tertiary alicyclic amines) is 1. The van der Waals surface area contributed by atoms with Crippen molar-refractivity contribution in [2.24, 2.45) is 5.73 Å². The van der Waals surface area contributed by atoms with Crippen molar-refractivity contribution in [3.05, 3.63) is 29.3 Å². The number of hydrogen-bond donors (Lipinski definition) is 2. The lowest BCUT2D eigenvalue weighted by molar-refractivity contribution is -0.117. The average Bonchev–Trinajstić information content (AvgIpc) is 2.97. The molecule has 1 saturated heterocycles. The maximum atomic E-state index is 12.0. The molecule has 0 spiro atoms. The van der Waals surface area contributed by atoms with Crippen molar-refractivity contribution >= 4 is 24.0 Å². The summed E-state index contributed by atoms with van der Waals surface area (Å²) in [7, 11) is 0. The van der Waals surface area contributed by atoms with E-state index in [-0.39, 0.29) is 24.4 Å². The van der Waals surface area contributed by atoms with Gasteiger partial charge in [0.15, 0.2) is 0 Å². The number of carbonyl (C=O) groups excluding carboxylic acids is 1. The highest BCUT2D eigenvalue weighted by molar-refractivity contribution is 5.92. The van der Waals surface area contributed by atoms with Crippen LogP contribution in [0.15, 0.2) is 18.2 Å². The van der Waals surface area contributed by atoms with Gasteiger partial charge in [0.05, 0.1) is 6.54 Å². The van der Waals surface area contributed by atoms with Crippen molar-refractivity contribution in [2.75, 3.05) is 25.0 Å². The van der Waals surface area contributed by atoms with Gasteiger partial charge in [-0.2, -0.15) is 0 Å². The summed E-state index contributed by atoms with van der Waals surface area (Å²) < 4.78 is 0. The van der Waals surface area contributed by atoms with Gasteiger partial charge in [-0.3, -0.25) is 9.69 Å². The number of hydrogen-bond acceptors (Lipinski definition) is 3. The van der Waals surface area contributed by atoms with E-state index >= 15 is 0 Å². The van der Waals surface area contributed by atoms with Gasteiger partial charge < -0.3 is 11.1 Å². The molecule has 0 saturated carbocycles. The first-order valence-corrected chi connectivity index (χ1v) is 7.10. The minimum Gasteiger partial charge on any atom is -0.326 e. The second-order valence-corrected chi connectivity index (χ2v) is 5.67. The molecule has 0 unspecified atom stereocenters. The number of anilines is 1. The normalized spacial score (nSPS) is 21.4. The van der Waals surface area contributed by atoms with Gasteiger partial charge in [0.1, 0.15) is 0 Å². The molecule has 1 aromatic carbocycles. The van der Waals surface area contributed by atoms with Crippen molar-refractivity contribution < 1.29 is 4.79 Å². The molecule has 4 nitrogen and oxygen atoms in total. The third-order valence-electron chi connectivity index (χ3n) is 4.06. The number of nitrogens with zero attached hydrogens (tertiary/aromatic N) is 1. The van der Waals surface area contributed by atoms with Gasteiger partial charge >= 0.3 is 0 Å². The van der Waals surface area contributed by atoms with E-state index in [2.05, 4.69) is 22.3 Å². The average molecular weight is 296 g/mol. The van der Waals surface area contributed by atoms with Crippen LogP contribution in [0, 0.1) is 0 Å². The van der Waals surface area contributed by atoms with Gasteiger partial charge in [0, 0.05) is 24.8 Å². The quantitative estimate of drug-likeness (QED) is 0.890. The molecule has 2 aliphatic rings. The molecule has 1 fully saturated rings. The molecular weight excluding hydrogens is 274 g/mol. The number of rotatable bonds is 3. The fourth-order valence-electron chi connectivity index (χ4n) is 3.06. The first-order chi connectivity index (χ1) is 9.20. The Balaban J connectivity index is 0.00000147. The number of aryl methyl sites for hydroxylation is 2. The molecule has 3 rings (SSSR count). The van der Waals surface area contributed by atoms with Gasteiger partial charge in [0.25, 0.3) is 0 Å². The van der Waals surface area contributed by atoms with Crippen LogP contribution in [0.3, 0.4) is 0 Å². The molecule has 1 atom stereocenters. The van der Waals surface area contributed by atoms with Gasteiger partial charge in [0.2, 0.25) is 5.91 Å². The molecule has 20 heavy (non-hydrogen) atoms. The highest BCUT2D eigenvalue weighted by Crippen LogP contribution is 2.24. The zero-order valence-electron chi connectivity index (χ0n) is 11.6. The Kier molecular flexibility index (Phi) is 5.02. The monoisotopic (exact) mass is 295 g/mol. The number of halogens is 1. The number of nitrogens with two attached hydrogens (primary N) is 1. The fourth-order valence-corrected chi connectivity index (χ4v) is 3.06. The molecule has 1 heterocycles. The van der Waals surface area contributed by atoms with Gasteiger partial charge in [-0.25, -0.2) is 0 Å². The first kappa shape index (κ1) is 15.3. The van der Waals surface area contributed by atoms with Gasteiger partial charge in [-0.05, 0) is 48.9 Å².